The van der Waals surface area contributed by atoms with Gasteiger partial charge < -0.3 is 15.2 Å². The number of imide groups is 1. The maximum Gasteiger partial charge on any atom is 0.324 e. The normalized spacial score (nSPS) is 19.7. The van der Waals surface area contributed by atoms with E-state index in [4.69, 9.17) is 0 Å². The first-order chi connectivity index (χ1) is 12.0. The van der Waals surface area contributed by atoms with Gasteiger partial charge in [0, 0.05) is 37.2 Å². The highest BCUT2D eigenvalue weighted by molar-refractivity contribution is 6.06. The molecule has 2 N–H and O–H groups in total. The highest BCUT2D eigenvalue weighted by atomic mass is 16.2. The Kier molecular flexibility index (Phi) is 3.52. The maximum atomic E-state index is 12.7. The van der Waals surface area contributed by atoms with Crippen molar-refractivity contribution >= 4 is 28.7 Å². The van der Waals surface area contributed by atoms with E-state index in [0.717, 1.165) is 21.4 Å². The number of benzene rings is 1. The van der Waals surface area contributed by atoms with Gasteiger partial charge in [0.1, 0.15) is 5.54 Å². The first-order valence-corrected chi connectivity index (χ1v) is 8.43. The number of hydrogen-bond donors (Lipinski definition) is 2. The highest BCUT2D eigenvalue weighted by Gasteiger charge is 2.51. The molecule has 1 spiro atoms. The molecule has 7 nitrogen and oxygen atoms in total. The lowest BCUT2D eigenvalue weighted by atomic mass is 9.87. The highest BCUT2D eigenvalue weighted by Crippen LogP contribution is 2.29. The fourth-order valence-corrected chi connectivity index (χ4v) is 3.78. The summed E-state index contributed by atoms with van der Waals surface area (Å²) in [6, 6.07) is 7.54. The molecule has 7 heteroatoms. The molecule has 4 rings (SSSR count). The van der Waals surface area contributed by atoms with Crippen molar-refractivity contribution in [3.63, 3.8) is 0 Å². The van der Waals surface area contributed by atoms with Gasteiger partial charge in [-0.2, -0.15) is 0 Å². The summed E-state index contributed by atoms with van der Waals surface area (Å²) in [6.07, 6.45) is 3.13. The summed E-state index contributed by atoms with van der Waals surface area (Å²) in [6.45, 7) is 0.947. The van der Waals surface area contributed by atoms with Crippen LogP contribution >= 0.6 is 0 Å². The Morgan fingerprint density at radius 2 is 1.92 bits per heavy atom. The van der Waals surface area contributed by atoms with Crippen LogP contribution in [-0.2, 0) is 16.0 Å². The molecule has 0 radical (unpaired) electrons. The second-order valence-electron chi connectivity index (χ2n) is 6.79. The topological polar surface area (TPSA) is 85.5 Å². The van der Waals surface area contributed by atoms with E-state index in [9.17, 15) is 14.4 Å². The van der Waals surface area contributed by atoms with Crippen LogP contribution in [0, 0.1) is 0 Å². The molecule has 2 aromatic rings. The molecule has 2 fully saturated rings. The number of carbonyl (C=O) groups is 3. The molecule has 4 amide bonds. The zero-order valence-electron chi connectivity index (χ0n) is 14.0. The molecule has 0 bridgehead atoms. The van der Waals surface area contributed by atoms with Crippen molar-refractivity contribution in [2.24, 2.45) is 0 Å². The van der Waals surface area contributed by atoms with E-state index in [1.165, 1.54) is 7.05 Å². The van der Waals surface area contributed by atoms with Gasteiger partial charge >= 0.3 is 6.03 Å². The zero-order valence-corrected chi connectivity index (χ0v) is 14.0. The van der Waals surface area contributed by atoms with E-state index in [1.54, 1.807) is 4.90 Å². The molecular formula is C18H20N4O3. The Morgan fingerprint density at radius 1 is 1.20 bits per heavy atom. The second-order valence-corrected chi connectivity index (χ2v) is 6.79. The molecule has 25 heavy (non-hydrogen) atoms. The number of urea groups is 1. The van der Waals surface area contributed by atoms with Crippen LogP contribution in [0.2, 0.25) is 0 Å². The van der Waals surface area contributed by atoms with Gasteiger partial charge in [-0.3, -0.25) is 14.5 Å². The predicted molar refractivity (Wildman–Crippen MR) is 91.8 cm³/mol. The van der Waals surface area contributed by atoms with E-state index in [1.807, 2.05) is 30.5 Å². The summed E-state index contributed by atoms with van der Waals surface area (Å²) in [7, 11) is 1.49. The molecule has 3 heterocycles. The molecule has 1 aromatic carbocycles. The Labute approximate surface area is 145 Å². The number of carbonyl (C=O) groups excluding carboxylic acids is 3. The third-order valence-corrected chi connectivity index (χ3v) is 5.35. The number of hydrogen-bond acceptors (Lipinski definition) is 3. The van der Waals surface area contributed by atoms with Gasteiger partial charge in [-0.15, -0.1) is 0 Å². The standard InChI is InChI=1S/C18H20N4O3/c1-21-16(24)18(20-17(21)25)6-8-22(9-7-18)15(23)10-12-11-19-14-5-3-2-4-13(12)14/h2-5,11,19H,6-10H2,1H3,(H,20,25). The van der Waals surface area contributed by atoms with Crippen LogP contribution in [0.25, 0.3) is 10.9 Å². The van der Waals surface area contributed by atoms with Crippen LogP contribution in [0.3, 0.4) is 0 Å². The molecule has 2 aliphatic heterocycles. The van der Waals surface area contributed by atoms with Crippen LogP contribution in [0.5, 0.6) is 0 Å². The summed E-state index contributed by atoms with van der Waals surface area (Å²) < 4.78 is 0. The van der Waals surface area contributed by atoms with Crippen LogP contribution in [-0.4, -0.2) is 58.3 Å². The number of para-hydroxylation sites is 1. The first-order valence-electron chi connectivity index (χ1n) is 8.43. The minimum Gasteiger partial charge on any atom is -0.361 e. The monoisotopic (exact) mass is 340 g/mol. The molecule has 130 valence electrons. The van der Waals surface area contributed by atoms with Gasteiger partial charge in [0.15, 0.2) is 0 Å². The van der Waals surface area contributed by atoms with Gasteiger partial charge in [0.25, 0.3) is 5.91 Å². The number of nitrogens with one attached hydrogen (secondary N) is 2. The van der Waals surface area contributed by atoms with E-state index in [-0.39, 0.29) is 17.8 Å². The fraction of sp³-hybridized carbons (Fsp3) is 0.389. The van der Waals surface area contributed by atoms with Crippen LogP contribution in [0.4, 0.5) is 4.79 Å². The third kappa shape index (κ3) is 2.47. The molecule has 0 atom stereocenters. The zero-order chi connectivity index (χ0) is 17.6. The predicted octanol–water partition coefficient (Wildman–Crippen LogP) is 1.25. The van der Waals surface area contributed by atoms with Gasteiger partial charge in [-0.1, -0.05) is 18.2 Å². The number of H-pyrrole nitrogens is 1. The largest absolute Gasteiger partial charge is 0.361 e. The molecule has 0 unspecified atom stereocenters. The van der Waals surface area contributed by atoms with Gasteiger partial charge in [0.2, 0.25) is 5.91 Å². The molecule has 1 aromatic heterocycles. The molecule has 2 saturated heterocycles. The van der Waals surface area contributed by atoms with E-state index >= 15 is 0 Å². The number of rotatable bonds is 2. The number of nitrogens with zero attached hydrogens (tertiary/aromatic N) is 2. The van der Waals surface area contributed by atoms with Gasteiger partial charge in [-0.25, -0.2) is 4.79 Å². The lowest BCUT2D eigenvalue weighted by molar-refractivity contribution is -0.137. The quantitative estimate of drug-likeness (QED) is 0.807. The number of likely N-dealkylation sites (N-methyl/N-ethyl adjacent to an activating group) is 1. The number of fused-ring (bicyclic) bond motifs is 1. The van der Waals surface area contributed by atoms with Crippen LogP contribution in [0.15, 0.2) is 30.5 Å². The minimum absolute atomic E-state index is 0.0460. The van der Waals surface area contributed by atoms with Crippen molar-refractivity contribution in [3.05, 3.63) is 36.0 Å². The van der Waals surface area contributed by atoms with Crippen LogP contribution in [0.1, 0.15) is 18.4 Å². The summed E-state index contributed by atoms with van der Waals surface area (Å²) >= 11 is 0. The minimum atomic E-state index is -0.830. The van der Waals surface area contributed by atoms with E-state index in [2.05, 4.69) is 10.3 Å². The summed E-state index contributed by atoms with van der Waals surface area (Å²) in [5, 5.41) is 3.85. The molecular weight excluding hydrogens is 320 g/mol. The number of amides is 4. The lowest BCUT2D eigenvalue weighted by Gasteiger charge is -2.37. The van der Waals surface area contributed by atoms with E-state index in [0.29, 0.717) is 32.4 Å². The SMILES string of the molecule is CN1C(=O)NC2(CCN(C(=O)Cc3c[nH]c4ccccc34)CC2)C1=O. The van der Waals surface area contributed by atoms with E-state index < -0.39 is 5.54 Å². The van der Waals surface area contributed by atoms with Crippen molar-refractivity contribution < 1.29 is 14.4 Å². The fourth-order valence-electron chi connectivity index (χ4n) is 3.78. The molecule has 0 aliphatic carbocycles. The Hall–Kier alpha value is -2.83. The Balaban J connectivity index is 1.43. The average Bonchev–Trinajstić information content (AvgIpc) is 3.11. The summed E-state index contributed by atoms with van der Waals surface area (Å²) in [4.78, 5) is 42.8. The number of likely N-dealkylation sites (tertiary alicyclic amines) is 1. The smallest absolute Gasteiger partial charge is 0.324 e. The average molecular weight is 340 g/mol. The summed E-state index contributed by atoms with van der Waals surface area (Å²) in [5.41, 5.74) is 1.17. The lowest BCUT2D eigenvalue weighted by Crippen LogP contribution is -2.56. The maximum absolute atomic E-state index is 12.7. The summed E-state index contributed by atoms with van der Waals surface area (Å²) in [5.74, 6) is -0.147. The van der Waals surface area contributed by atoms with Crippen molar-refractivity contribution in [1.29, 1.82) is 0 Å². The molecule has 2 aliphatic rings. The Morgan fingerprint density at radius 3 is 2.60 bits per heavy atom. The van der Waals surface area contributed by atoms with Crippen molar-refractivity contribution in [1.82, 2.24) is 20.1 Å². The second kappa shape index (κ2) is 5.61. The van der Waals surface area contributed by atoms with Crippen LogP contribution < -0.4 is 5.32 Å². The number of aromatic nitrogens is 1. The van der Waals surface area contributed by atoms with Crippen molar-refractivity contribution in [2.45, 2.75) is 24.8 Å². The number of aromatic amines is 1. The number of piperidine rings is 1. The van der Waals surface area contributed by atoms with Crippen molar-refractivity contribution in [2.75, 3.05) is 20.1 Å². The Bertz CT molecular complexity index is 864. The van der Waals surface area contributed by atoms with Crippen molar-refractivity contribution in [3.8, 4) is 0 Å². The molecule has 0 saturated carbocycles. The van der Waals surface area contributed by atoms with Gasteiger partial charge in [0.05, 0.1) is 6.42 Å². The third-order valence-electron chi connectivity index (χ3n) is 5.35. The first kappa shape index (κ1) is 15.7. The van der Waals surface area contributed by atoms with Gasteiger partial charge in [-0.05, 0) is 24.5 Å².